The molecular formula is C4H7O3. The first-order valence-electron chi connectivity index (χ1n) is 1.96. The van der Waals surface area contributed by atoms with E-state index in [-0.39, 0.29) is 13.0 Å². The molecule has 0 aromatic heterocycles. The van der Waals surface area contributed by atoms with Crippen LogP contribution in [-0.2, 0) is 14.6 Å². The summed E-state index contributed by atoms with van der Waals surface area (Å²) in [6.45, 7) is 0.238. The second-order valence-corrected chi connectivity index (χ2v) is 1.11. The summed E-state index contributed by atoms with van der Waals surface area (Å²) in [6.07, 6.45) is -0.0174. The van der Waals surface area contributed by atoms with E-state index in [0.29, 0.717) is 0 Å². The van der Waals surface area contributed by atoms with Crippen molar-refractivity contribution in [2.75, 3.05) is 13.7 Å². The molecule has 41 valence electrons. The molecule has 0 aromatic carbocycles. The van der Waals surface area contributed by atoms with Crippen molar-refractivity contribution < 1.29 is 14.6 Å². The summed E-state index contributed by atoms with van der Waals surface area (Å²) < 4.78 is 4.43. The predicted octanol–water partition coefficient (Wildman–Crippen LogP) is -0.0200. The molecule has 0 bridgehead atoms. The first kappa shape index (κ1) is 6.43. The molecule has 0 rings (SSSR count). The summed E-state index contributed by atoms with van der Waals surface area (Å²) in [6, 6.07) is 0. The molecule has 0 saturated heterocycles. The standard InChI is InChI=1S/C4H7O3/c1-7-3-2-4(5)6/h2-3H2,1H3. The highest BCUT2D eigenvalue weighted by Crippen LogP contribution is 1.77. The van der Waals surface area contributed by atoms with Crippen molar-refractivity contribution in [2.24, 2.45) is 0 Å². The van der Waals surface area contributed by atoms with Gasteiger partial charge in [0, 0.05) is 7.11 Å². The van der Waals surface area contributed by atoms with Crippen molar-refractivity contribution in [1.82, 2.24) is 0 Å². The second-order valence-electron chi connectivity index (χ2n) is 1.11. The van der Waals surface area contributed by atoms with Gasteiger partial charge >= 0.3 is 5.97 Å². The largest absolute Gasteiger partial charge is 0.384 e. The Morgan fingerprint density at radius 2 is 2.29 bits per heavy atom. The predicted molar refractivity (Wildman–Crippen MR) is 22.2 cm³/mol. The molecule has 0 heterocycles. The number of carbonyl (C=O) groups is 1. The minimum atomic E-state index is -1.07. The molecule has 0 aromatic rings. The number of hydrogen-bond donors (Lipinski definition) is 0. The fourth-order valence-corrected chi connectivity index (χ4v) is 0.185. The monoisotopic (exact) mass is 103 g/mol. The average Bonchev–Trinajstić information content (AvgIpc) is 1.61. The lowest BCUT2D eigenvalue weighted by Crippen LogP contribution is -1.97. The maximum Gasteiger partial charge on any atom is 0.357 e. The third kappa shape index (κ3) is 5.43. The van der Waals surface area contributed by atoms with Gasteiger partial charge in [0.25, 0.3) is 0 Å². The number of hydrogen-bond acceptors (Lipinski definition) is 2. The van der Waals surface area contributed by atoms with Gasteiger partial charge in [-0.15, -0.1) is 0 Å². The van der Waals surface area contributed by atoms with Crippen LogP contribution in [0.4, 0.5) is 0 Å². The number of ether oxygens (including phenoxy) is 1. The van der Waals surface area contributed by atoms with Crippen molar-refractivity contribution >= 4 is 5.97 Å². The van der Waals surface area contributed by atoms with Gasteiger partial charge in [-0.2, -0.15) is 0 Å². The second kappa shape index (κ2) is 3.61. The van der Waals surface area contributed by atoms with Crippen LogP contribution in [0.3, 0.4) is 0 Å². The molecule has 3 nitrogen and oxygen atoms in total. The maximum atomic E-state index is 9.57. The van der Waals surface area contributed by atoms with E-state index < -0.39 is 5.97 Å². The molecule has 0 amide bonds. The van der Waals surface area contributed by atoms with Crippen molar-refractivity contribution in [3.05, 3.63) is 0 Å². The van der Waals surface area contributed by atoms with E-state index in [1.54, 1.807) is 0 Å². The fourth-order valence-electron chi connectivity index (χ4n) is 0.185. The van der Waals surface area contributed by atoms with E-state index in [9.17, 15) is 9.90 Å². The van der Waals surface area contributed by atoms with Gasteiger partial charge in [-0.1, -0.05) is 0 Å². The summed E-state index contributed by atoms with van der Waals surface area (Å²) in [7, 11) is 1.45. The molecule has 0 spiro atoms. The molecule has 7 heavy (non-hydrogen) atoms. The van der Waals surface area contributed by atoms with Crippen molar-refractivity contribution in [3.8, 4) is 0 Å². The third-order valence-electron chi connectivity index (χ3n) is 0.510. The number of rotatable bonds is 3. The highest BCUT2D eigenvalue weighted by atomic mass is 16.5. The van der Waals surface area contributed by atoms with Crippen molar-refractivity contribution in [1.29, 1.82) is 0 Å². The molecule has 0 saturated carbocycles. The van der Waals surface area contributed by atoms with Gasteiger partial charge in [0.2, 0.25) is 0 Å². The van der Waals surface area contributed by atoms with Gasteiger partial charge < -0.3 is 4.74 Å². The normalized spacial score (nSPS) is 8.71. The van der Waals surface area contributed by atoms with E-state index in [4.69, 9.17) is 0 Å². The van der Waals surface area contributed by atoms with Crippen LogP contribution in [0.5, 0.6) is 0 Å². The fraction of sp³-hybridized carbons (Fsp3) is 0.750. The zero-order valence-corrected chi connectivity index (χ0v) is 4.14. The molecule has 0 unspecified atom stereocenters. The minimum Gasteiger partial charge on any atom is -0.384 e. The van der Waals surface area contributed by atoms with E-state index in [1.165, 1.54) is 7.11 Å². The summed E-state index contributed by atoms with van der Waals surface area (Å²) in [4.78, 5) is 9.57. The van der Waals surface area contributed by atoms with E-state index in [0.717, 1.165) is 0 Å². The van der Waals surface area contributed by atoms with E-state index in [1.807, 2.05) is 0 Å². The summed E-state index contributed by atoms with van der Waals surface area (Å²) in [5.74, 6) is -1.07. The Balaban J connectivity index is 2.82. The minimum absolute atomic E-state index is 0.0174. The molecule has 0 aliphatic carbocycles. The molecule has 1 radical (unpaired) electrons. The number of carbonyl (C=O) groups excluding carboxylic acids is 1. The number of methoxy groups -OCH3 is 1. The van der Waals surface area contributed by atoms with Crippen LogP contribution in [-0.4, -0.2) is 19.7 Å². The van der Waals surface area contributed by atoms with Crippen molar-refractivity contribution in [2.45, 2.75) is 6.42 Å². The Labute approximate surface area is 41.9 Å². The zero-order valence-electron chi connectivity index (χ0n) is 4.14. The van der Waals surface area contributed by atoms with Crippen LogP contribution in [0.15, 0.2) is 0 Å². The molecule has 0 aliphatic heterocycles. The van der Waals surface area contributed by atoms with Crippen LogP contribution >= 0.6 is 0 Å². The Morgan fingerprint density at radius 3 is 2.43 bits per heavy atom. The van der Waals surface area contributed by atoms with Gasteiger partial charge in [0.05, 0.1) is 13.0 Å². The highest BCUT2D eigenvalue weighted by molar-refractivity contribution is 5.66. The summed E-state index contributed by atoms with van der Waals surface area (Å²) in [5, 5.41) is 9.57. The Hall–Kier alpha value is -0.570. The summed E-state index contributed by atoms with van der Waals surface area (Å²) in [5.41, 5.74) is 0. The Kier molecular flexibility index (Phi) is 3.32. The topological polar surface area (TPSA) is 46.2 Å². The summed E-state index contributed by atoms with van der Waals surface area (Å²) >= 11 is 0. The molecule has 0 atom stereocenters. The zero-order chi connectivity index (χ0) is 5.70. The van der Waals surface area contributed by atoms with Crippen LogP contribution in [0.25, 0.3) is 0 Å². The lowest BCUT2D eigenvalue weighted by atomic mass is 10.5. The van der Waals surface area contributed by atoms with Crippen LogP contribution in [0.2, 0.25) is 0 Å². The molecule has 0 aliphatic rings. The Morgan fingerprint density at radius 1 is 1.71 bits per heavy atom. The first-order chi connectivity index (χ1) is 3.27. The average molecular weight is 103 g/mol. The molecular weight excluding hydrogens is 96.0 g/mol. The van der Waals surface area contributed by atoms with Gasteiger partial charge in [0.15, 0.2) is 0 Å². The van der Waals surface area contributed by atoms with Gasteiger partial charge in [-0.05, 0) is 0 Å². The third-order valence-corrected chi connectivity index (χ3v) is 0.510. The van der Waals surface area contributed by atoms with Gasteiger partial charge in [-0.25, -0.2) is 9.90 Å². The van der Waals surface area contributed by atoms with Crippen molar-refractivity contribution in [3.63, 3.8) is 0 Å². The molecule has 0 fully saturated rings. The lowest BCUT2D eigenvalue weighted by Gasteiger charge is -1.86. The molecule has 3 heteroatoms. The van der Waals surface area contributed by atoms with Gasteiger partial charge in [0.1, 0.15) is 0 Å². The van der Waals surface area contributed by atoms with E-state index in [2.05, 4.69) is 4.74 Å². The highest BCUT2D eigenvalue weighted by Gasteiger charge is 1.94. The first-order valence-corrected chi connectivity index (χ1v) is 1.96. The van der Waals surface area contributed by atoms with Crippen LogP contribution in [0, 0.1) is 0 Å². The maximum absolute atomic E-state index is 9.57. The van der Waals surface area contributed by atoms with Crippen LogP contribution < -0.4 is 0 Å². The SMILES string of the molecule is COCCC([O])=O. The molecule has 0 N–H and O–H groups in total. The smallest absolute Gasteiger partial charge is 0.357 e. The van der Waals surface area contributed by atoms with Gasteiger partial charge in [-0.3, -0.25) is 0 Å². The lowest BCUT2D eigenvalue weighted by molar-refractivity contribution is -0.144. The van der Waals surface area contributed by atoms with Crippen LogP contribution in [0.1, 0.15) is 6.42 Å². The van der Waals surface area contributed by atoms with E-state index >= 15 is 0 Å². The Bertz CT molecular complexity index is 60.0. The quantitative estimate of drug-likeness (QED) is 0.504.